The van der Waals surface area contributed by atoms with Gasteiger partial charge in [0.15, 0.2) is 12.4 Å². The molecule has 18 heavy (non-hydrogen) atoms. The van der Waals surface area contributed by atoms with Crippen LogP contribution in [-0.2, 0) is 4.79 Å². The van der Waals surface area contributed by atoms with E-state index in [9.17, 15) is 4.79 Å². The van der Waals surface area contributed by atoms with Crippen LogP contribution >= 0.6 is 23.2 Å². The second-order valence-corrected chi connectivity index (χ2v) is 4.14. The Hall–Kier alpha value is -1.72. The molecule has 1 aromatic heterocycles. The van der Waals surface area contributed by atoms with E-state index in [2.05, 4.69) is 15.0 Å². The lowest BCUT2D eigenvalue weighted by molar-refractivity contribution is -0.118. The van der Waals surface area contributed by atoms with Crippen LogP contribution in [0.5, 0.6) is 5.75 Å². The number of nitrogens with zero attached hydrogens (tertiary/aromatic N) is 1. The van der Waals surface area contributed by atoms with Gasteiger partial charge in [-0.3, -0.25) is 4.79 Å². The molecule has 2 rings (SSSR count). The second-order valence-electron chi connectivity index (χ2n) is 3.30. The minimum absolute atomic E-state index is 0.186. The van der Waals surface area contributed by atoms with Gasteiger partial charge in [0.05, 0.1) is 5.02 Å². The Morgan fingerprint density at radius 3 is 2.89 bits per heavy atom. The first-order valence-corrected chi connectivity index (χ1v) is 5.69. The van der Waals surface area contributed by atoms with E-state index in [1.807, 2.05) is 0 Å². The molecule has 0 saturated carbocycles. The molecule has 2 aromatic rings. The summed E-state index contributed by atoms with van der Waals surface area (Å²) in [5, 5.41) is 6.86. The standard InChI is InChI=1S/C11H8Cl2N2O3/c12-7-1-2-9(8(13)5-7)17-6-11(16)14-10-3-4-18-15-10/h1-5H,6H2,(H,14,15,16). The molecule has 0 aliphatic rings. The maximum absolute atomic E-state index is 11.5. The highest BCUT2D eigenvalue weighted by Crippen LogP contribution is 2.27. The molecule has 0 radical (unpaired) electrons. The van der Waals surface area contributed by atoms with Crippen LogP contribution in [0.1, 0.15) is 0 Å². The quantitative estimate of drug-likeness (QED) is 0.938. The van der Waals surface area contributed by atoms with Crippen molar-refractivity contribution in [3.05, 3.63) is 40.6 Å². The van der Waals surface area contributed by atoms with Gasteiger partial charge in [-0.05, 0) is 18.2 Å². The Bertz CT molecular complexity index is 543. The van der Waals surface area contributed by atoms with Gasteiger partial charge in [-0.15, -0.1) is 0 Å². The first-order chi connectivity index (χ1) is 8.65. The van der Waals surface area contributed by atoms with Crippen LogP contribution in [0.2, 0.25) is 10.0 Å². The SMILES string of the molecule is O=C(COc1ccc(Cl)cc1Cl)Nc1ccon1. The lowest BCUT2D eigenvalue weighted by Gasteiger charge is -2.07. The number of anilines is 1. The van der Waals surface area contributed by atoms with E-state index < -0.39 is 0 Å². The maximum atomic E-state index is 11.5. The number of hydrogen-bond donors (Lipinski definition) is 1. The molecule has 0 bridgehead atoms. The largest absolute Gasteiger partial charge is 0.482 e. The van der Waals surface area contributed by atoms with Crippen molar-refractivity contribution in [2.75, 3.05) is 11.9 Å². The minimum atomic E-state index is -0.366. The Kier molecular flexibility index (Phi) is 4.07. The molecular formula is C11H8Cl2N2O3. The molecule has 5 nitrogen and oxygen atoms in total. The number of carbonyl (C=O) groups is 1. The van der Waals surface area contributed by atoms with Crippen molar-refractivity contribution >= 4 is 34.9 Å². The highest BCUT2D eigenvalue weighted by atomic mass is 35.5. The van der Waals surface area contributed by atoms with E-state index in [0.717, 1.165) is 0 Å². The normalized spacial score (nSPS) is 10.1. The lowest BCUT2D eigenvalue weighted by Crippen LogP contribution is -2.20. The Morgan fingerprint density at radius 1 is 1.39 bits per heavy atom. The highest BCUT2D eigenvalue weighted by Gasteiger charge is 2.07. The van der Waals surface area contributed by atoms with E-state index in [4.69, 9.17) is 27.9 Å². The van der Waals surface area contributed by atoms with E-state index in [0.29, 0.717) is 21.6 Å². The summed E-state index contributed by atoms with van der Waals surface area (Å²) >= 11 is 11.6. The van der Waals surface area contributed by atoms with Crippen molar-refractivity contribution in [1.82, 2.24) is 5.16 Å². The van der Waals surface area contributed by atoms with Crippen LogP contribution in [0, 0.1) is 0 Å². The molecule has 94 valence electrons. The van der Waals surface area contributed by atoms with Crippen LogP contribution in [0.25, 0.3) is 0 Å². The average Bonchev–Trinajstić information content (AvgIpc) is 2.80. The van der Waals surface area contributed by atoms with Crippen molar-refractivity contribution in [3.8, 4) is 5.75 Å². The topological polar surface area (TPSA) is 64.4 Å². The molecule has 0 atom stereocenters. The van der Waals surface area contributed by atoms with Gasteiger partial charge in [0, 0.05) is 11.1 Å². The number of halogens is 2. The summed E-state index contributed by atoms with van der Waals surface area (Å²) in [7, 11) is 0. The van der Waals surface area contributed by atoms with Gasteiger partial charge in [0.1, 0.15) is 12.0 Å². The summed E-state index contributed by atoms with van der Waals surface area (Å²) in [4.78, 5) is 11.5. The van der Waals surface area contributed by atoms with Gasteiger partial charge in [-0.1, -0.05) is 28.4 Å². The smallest absolute Gasteiger partial charge is 0.263 e. The van der Waals surface area contributed by atoms with E-state index in [1.54, 1.807) is 12.1 Å². The first-order valence-electron chi connectivity index (χ1n) is 4.93. The summed E-state index contributed by atoms with van der Waals surface area (Å²) in [6.45, 7) is -0.186. The summed E-state index contributed by atoms with van der Waals surface area (Å²) in [5.41, 5.74) is 0. The molecule has 0 aliphatic carbocycles. The van der Waals surface area contributed by atoms with Gasteiger partial charge < -0.3 is 14.6 Å². The van der Waals surface area contributed by atoms with Crippen LogP contribution in [-0.4, -0.2) is 17.7 Å². The van der Waals surface area contributed by atoms with Crippen LogP contribution in [0.15, 0.2) is 35.1 Å². The van der Waals surface area contributed by atoms with Gasteiger partial charge in [0.2, 0.25) is 0 Å². The molecule has 0 unspecified atom stereocenters. The van der Waals surface area contributed by atoms with Crippen molar-refractivity contribution in [3.63, 3.8) is 0 Å². The predicted octanol–water partition coefficient (Wildman–Crippen LogP) is 3.00. The summed E-state index contributed by atoms with van der Waals surface area (Å²) in [6.07, 6.45) is 1.35. The number of aromatic nitrogens is 1. The molecule has 7 heteroatoms. The van der Waals surface area contributed by atoms with Crippen LogP contribution < -0.4 is 10.1 Å². The fourth-order valence-corrected chi connectivity index (χ4v) is 1.65. The third-order valence-electron chi connectivity index (χ3n) is 1.96. The summed E-state index contributed by atoms with van der Waals surface area (Å²) < 4.78 is 9.81. The van der Waals surface area contributed by atoms with Crippen LogP contribution in [0.4, 0.5) is 5.82 Å². The van der Waals surface area contributed by atoms with Gasteiger partial charge in [-0.2, -0.15) is 0 Å². The Morgan fingerprint density at radius 2 is 2.22 bits per heavy atom. The monoisotopic (exact) mass is 286 g/mol. The zero-order valence-corrected chi connectivity index (χ0v) is 10.5. The van der Waals surface area contributed by atoms with Crippen molar-refractivity contribution in [2.45, 2.75) is 0 Å². The first kappa shape index (κ1) is 12.7. The minimum Gasteiger partial charge on any atom is -0.482 e. The molecule has 0 spiro atoms. The van der Waals surface area contributed by atoms with Gasteiger partial charge >= 0.3 is 0 Å². The third kappa shape index (κ3) is 3.38. The number of carbonyl (C=O) groups excluding carboxylic acids is 1. The fourth-order valence-electron chi connectivity index (χ4n) is 1.19. The molecule has 1 N–H and O–H groups in total. The predicted molar refractivity (Wildman–Crippen MR) is 67.1 cm³/mol. The molecule has 1 heterocycles. The number of benzene rings is 1. The summed E-state index contributed by atoms with van der Waals surface area (Å²) in [6, 6.07) is 6.27. The second kappa shape index (κ2) is 5.75. The molecular weight excluding hydrogens is 279 g/mol. The molecule has 0 saturated heterocycles. The third-order valence-corrected chi connectivity index (χ3v) is 2.49. The maximum Gasteiger partial charge on any atom is 0.263 e. The zero-order valence-electron chi connectivity index (χ0n) is 9.02. The average molecular weight is 287 g/mol. The fraction of sp³-hybridized carbons (Fsp3) is 0.0909. The number of hydrogen-bond acceptors (Lipinski definition) is 4. The molecule has 1 aromatic carbocycles. The number of amides is 1. The lowest BCUT2D eigenvalue weighted by atomic mass is 10.3. The highest BCUT2D eigenvalue weighted by molar-refractivity contribution is 6.35. The molecule has 0 fully saturated rings. The van der Waals surface area contributed by atoms with Gasteiger partial charge in [0.25, 0.3) is 5.91 Å². The van der Waals surface area contributed by atoms with Crippen molar-refractivity contribution in [1.29, 1.82) is 0 Å². The van der Waals surface area contributed by atoms with Gasteiger partial charge in [-0.25, -0.2) is 0 Å². The molecule has 1 amide bonds. The Balaban J connectivity index is 1.89. The zero-order chi connectivity index (χ0) is 13.0. The number of rotatable bonds is 4. The Labute approximate surface area is 113 Å². The van der Waals surface area contributed by atoms with Crippen molar-refractivity contribution in [2.24, 2.45) is 0 Å². The van der Waals surface area contributed by atoms with Crippen LogP contribution in [0.3, 0.4) is 0 Å². The molecule has 0 aliphatic heterocycles. The number of ether oxygens (including phenoxy) is 1. The van der Waals surface area contributed by atoms with E-state index >= 15 is 0 Å². The van der Waals surface area contributed by atoms with E-state index in [-0.39, 0.29) is 12.5 Å². The van der Waals surface area contributed by atoms with E-state index in [1.165, 1.54) is 18.4 Å². The number of nitrogens with one attached hydrogen (secondary N) is 1. The summed E-state index contributed by atoms with van der Waals surface area (Å²) in [5.74, 6) is 0.345. The van der Waals surface area contributed by atoms with Crippen molar-refractivity contribution < 1.29 is 14.1 Å².